The van der Waals surface area contributed by atoms with E-state index in [2.05, 4.69) is 16.2 Å². The Morgan fingerprint density at radius 1 is 1.16 bits per heavy atom. The van der Waals surface area contributed by atoms with Crippen molar-refractivity contribution in [3.05, 3.63) is 88.6 Å². The molecule has 3 aromatic rings. The summed E-state index contributed by atoms with van der Waals surface area (Å²) in [4.78, 5) is 15.8. The third-order valence-corrected chi connectivity index (χ3v) is 9.33. The first-order chi connectivity index (χ1) is 17.7. The zero-order valence-corrected chi connectivity index (χ0v) is 22.1. The van der Waals surface area contributed by atoms with Gasteiger partial charge >= 0.3 is 162 Å². The molecule has 1 heterocycles. The third kappa shape index (κ3) is 8.16. The number of pyridine rings is 1. The molecule has 2 aromatic carbocycles. The van der Waals surface area contributed by atoms with E-state index in [1.54, 1.807) is 0 Å². The van der Waals surface area contributed by atoms with Gasteiger partial charge in [-0.05, 0) is 24.3 Å². The van der Waals surface area contributed by atoms with Crippen LogP contribution in [0.4, 0.5) is 22.0 Å². The molecule has 3 rings (SSSR count). The first-order valence-electron chi connectivity index (χ1n) is 10.4. The number of carbonyl (C=O) groups is 1. The zero-order valence-electron chi connectivity index (χ0n) is 19.4. The number of hydrogen-bond acceptors (Lipinski definition) is 5. The van der Waals surface area contributed by atoms with Crippen molar-refractivity contribution < 1.29 is 39.9 Å². The van der Waals surface area contributed by atoms with Crippen molar-refractivity contribution in [2.75, 3.05) is 6.26 Å². The minimum atomic E-state index is -4.76. The molecule has 0 fully saturated rings. The van der Waals surface area contributed by atoms with Gasteiger partial charge in [0.1, 0.15) is 17.3 Å². The molecule has 0 spiro atoms. The Morgan fingerprint density at radius 3 is 2.45 bits per heavy atom. The minimum absolute atomic E-state index is 0.0186. The molecule has 0 unspecified atom stereocenters. The summed E-state index contributed by atoms with van der Waals surface area (Å²) in [6.45, 7) is -0.172. The van der Waals surface area contributed by atoms with Gasteiger partial charge in [-0.15, -0.1) is 0 Å². The van der Waals surface area contributed by atoms with Gasteiger partial charge in [0, 0.05) is 0 Å². The topological polar surface area (TPSA) is 85.4 Å². The molecular weight excluding hydrogens is 594 g/mol. The van der Waals surface area contributed by atoms with Gasteiger partial charge in [-0.3, -0.25) is 0 Å². The average molecular weight is 611 g/mol. The summed E-state index contributed by atoms with van der Waals surface area (Å²) in [7, 11) is -3.46. The Labute approximate surface area is 220 Å². The van der Waals surface area contributed by atoms with Crippen molar-refractivity contribution in [2.45, 2.75) is 12.7 Å². The molecule has 6 nitrogen and oxygen atoms in total. The van der Waals surface area contributed by atoms with E-state index in [1.165, 1.54) is 18.2 Å². The molecule has 1 amide bonds. The number of nitrogens with zero attached hydrogens (tertiary/aromatic N) is 1. The van der Waals surface area contributed by atoms with E-state index < -0.39 is 58.0 Å². The monoisotopic (exact) mass is 611 g/mol. The van der Waals surface area contributed by atoms with Gasteiger partial charge < -0.3 is 0 Å². The van der Waals surface area contributed by atoms with Gasteiger partial charge in [0.15, 0.2) is 0 Å². The number of terminal acetylenes is 1. The Balaban J connectivity index is 1.78. The van der Waals surface area contributed by atoms with Crippen molar-refractivity contribution in [3.8, 4) is 24.0 Å². The van der Waals surface area contributed by atoms with Crippen molar-refractivity contribution in [3.63, 3.8) is 0 Å². The maximum atomic E-state index is 14.5. The fraction of sp³-hybridized carbons (Fsp3) is 0.120. The van der Waals surface area contributed by atoms with Crippen molar-refractivity contribution in [1.82, 2.24) is 10.3 Å². The predicted octanol–water partition coefficient (Wildman–Crippen LogP) is 3.77. The van der Waals surface area contributed by atoms with Gasteiger partial charge in [-0.25, -0.2) is 4.39 Å². The van der Waals surface area contributed by atoms with Crippen LogP contribution in [-0.4, -0.2) is 40.2 Å². The van der Waals surface area contributed by atoms with Crippen molar-refractivity contribution in [1.29, 1.82) is 0 Å². The van der Waals surface area contributed by atoms with Crippen LogP contribution in [0.3, 0.4) is 0 Å². The standard InChI is InChI=1S/C25H17AsF5N2O4S/c1-3-16-12-15(13-20(28)23(16)26-38(2,35)36)14-32-22(34)11-5-17-4-10-21(25(29,30)31)33-24(17)37-19-8-6-18(27)7-9-19/h1,4-13H,14H2,2H3,(H,32,34)/b11-5-. The molecule has 13 heteroatoms. The Bertz CT molecular complexity index is 1530. The number of ether oxygens (including phenoxy) is 1. The van der Waals surface area contributed by atoms with Gasteiger partial charge in [-0.2, -0.15) is 13.2 Å². The first-order valence-corrected chi connectivity index (χ1v) is 15.5. The molecule has 197 valence electrons. The zero-order chi connectivity index (χ0) is 28.1. The number of alkyl halides is 3. The third-order valence-electron chi connectivity index (χ3n) is 4.63. The van der Waals surface area contributed by atoms with E-state index in [1.807, 2.05) is 0 Å². The summed E-state index contributed by atoms with van der Waals surface area (Å²) < 4.78 is 95.5. The number of benzene rings is 2. The van der Waals surface area contributed by atoms with Gasteiger partial charge in [0.2, 0.25) is 0 Å². The number of aromatic nitrogens is 1. The summed E-state index contributed by atoms with van der Waals surface area (Å²) in [6.07, 6.45) is 3.77. The molecule has 1 aromatic heterocycles. The normalized spacial score (nSPS) is 12.1. The Hall–Kier alpha value is -3.68. The van der Waals surface area contributed by atoms with Crippen LogP contribution in [0.15, 0.2) is 54.6 Å². The fourth-order valence-corrected chi connectivity index (χ4v) is 7.15. The molecular formula is C25H17AsF5N2O4S. The van der Waals surface area contributed by atoms with Crippen molar-refractivity contribution in [2.24, 2.45) is 0 Å². The van der Waals surface area contributed by atoms with Crippen LogP contribution in [0, 0.1) is 24.0 Å². The van der Waals surface area contributed by atoms with Gasteiger partial charge in [0.25, 0.3) is 0 Å². The molecule has 0 bridgehead atoms. The molecule has 0 saturated carbocycles. The number of rotatable bonds is 8. The van der Waals surface area contributed by atoms with Crippen LogP contribution in [0.2, 0.25) is 0 Å². The second-order valence-electron chi connectivity index (χ2n) is 7.64. The second kappa shape index (κ2) is 11.8. The number of halogens is 5. The summed E-state index contributed by atoms with van der Waals surface area (Å²) in [5.41, 5.74) is -0.878. The van der Waals surface area contributed by atoms with Crippen LogP contribution in [-0.2, 0) is 25.6 Å². The second-order valence-corrected chi connectivity index (χ2v) is 15.5. The van der Waals surface area contributed by atoms with E-state index in [0.717, 1.165) is 42.7 Å². The van der Waals surface area contributed by atoms with E-state index in [4.69, 9.17) is 11.2 Å². The van der Waals surface area contributed by atoms with Crippen LogP contribution < -0.4 is 14.4 Å². The SMILES string of the molecule is C#Cc1cc(CNC(=O)/C=C\c2ccc(C(F)(F)F)nc2Oc2ccc(F)cc2)cc(F)c1[As]S(C)(=O)=O. The van der Waals surface area contributed by atoms with E-state index in [0.29, 0.717) is 6.07 Å². The summed E-state index contributed by atoms with van der Waals surface area (Å²) in [6, 6.07) is 8.71. The van der Waals surface area contributed by atoms with Crippen molar-refractivity contribution >= 4 is 39.0 Å². The van der Waals surface area contributed by atoms with Crippen LogP contribution >= 0.6 is 0 Å². The number of amides is 1. The molecule has 38 heavy (non-hydrogen) atoms. The molecule has 1 radical (unpaired) electrons. The predicted molar refractivity (Wildman–Crippen MR) is 131 cm³/mol. The maximum absolute atomic E-state index is 14.5. The molecule has 0 aliphatic heterocycles. The van der Waals surface area contributed by atoms with E-state index >= 15 is 0 Å². The summed E-state index contributed by atoms with van der Waals surface area (Å²) >= 11 is -1.55. The quantitative estimate of drug-likeness (QED) is 0.182. The first kappa shape index (κ1) is 28.9. The molecule has 0 aliphatic carbocycles. The van der Waals surface area contributed by atoms with Gasteiger partial charge in [-0.1, -0.05) is 0 Å². The average Bonchev–Trinajstić information content (AvgIpc) is 2.83. The number of nitrogens with one attached hydrogen (secondary N) is 1. The molecule has 0 saturated heterocycles. The number of carbonyl (C=O) groups excluding carboxylic acids is 1. The Morgan fingerprint density at radius 2 is 1.84 bits per heavy atom. The number of hydrogen-bond donors (Lipinski definition) is 1. The molecule has 0 atom stereocenters. The van der Waals surface area contributed by atoms with Crippen LogP contribution in [0.25, 0.3) is 6.08 Å². The van der Waals surface area contributed by atoms with Crippen LogP contribution in [0.1, 0.15) is 22.4 Å². The van der Waals surface area contributed by atoms with Crippen LogP contribution in [0.5, 0.6) is 11.6 Å². The van der Waals surface area contributed by atoms with Gasteiger partial charge in [0.05, 0.1) is 0 Å². The molecule has 1 N–H and O–H groups in total. The summed E-state index contributed by atoms with van der Waals surface area (Å²) in [5.74, 6) is -0.272. The Kier molecular flexibility index (Phi) is 8.96. The van der Waals surface area contributed by atoms with E-state index in [9.17, 15) is 35.2 Å². The fourth-order valence-electron chi connectivity index (χ4n) is 2.97. The summed E-state index contributed by atoms with van der Waals surface area (Å²) in [5, 5.41) is 2.47. The van der Waals surface area contributed by atoms with E-state index in [-0.39, 0.29) is 33.3 Å². The molecule has 0 aliphatic rings.